The van der Waals surface area contributed by atoms with Crippen molar-refractivity contribution >= 4 is 5.97 Å². The Kier molecular flexibility index (Phi) is 4.13. The van der Waals surface area contributed by atoms with Gasteiger partial charge >= 0.3 is 5.97 Å². The third-order valence-electron chi connectivity index (χ3n) is 2.66. The summed E-state index contributed by atoms with van der Waals surface area (Å²) in [5.74, 6) is 0.415. The summed E-state index contributed by atoms with van der Waals surface area (Å²) in [7, 11) is 1.61. The first-order valence-corrected chi connectivity index (χ1v) is 5.93. The largest absolute Gasteiger partial charge is 0.497 e. The van der Waals surface area contributed by atoms with E-state index in [-0.39, 0.29) is 5.97 Å². The fraction of sp³-hybridized carbons (Fsp3) is 0.200. The smallest absolute Gasteiger partial charge is 0.303 e. The highest BCUT2D eigenvalue weighted by atomic mass is 16.5. The lowest BCUT2D eigenvalue weighted by Gasteiger charge is -2.17. The van der Waals surface area contributed by atoms with Crippen LogP contribution in [0, 0.1) is 0 Å². The predicted octanol–water partition coefficient (Wildman–Crippen LogP) is 2.74. The second-order valence-electron chi connectivity index (χ2n) is 4.02. The van der Waals surface area contributed by atoms with Crippen LogP contribution in [0.25, 0.3) is 0 Å². The van der Waals surface area contributed by atoms with Crippen molar-refractivity contribution in [1.82, 2.24) is 4.98 Å². The van der Waals surface area contributed by atoms with E-state index < -0.39 is 6.10 Å². The van der Waals surface area contributed by atoms with Crippen molar-refractivity contribution in [2.75, 3.05) is 7.11 Å². The summed E-state index contributed by atoms with van der Waals surface area (Å²) in [6.45, 7) is 1.39. The number of ether oxygens (including phenoxy) is 2. The molecule has 2 aromatic rings. The minimum atomic E-state index is -0.496. The molecule has 0 saturated heterocycles. The first-order chi connectivity index (χ1) is 9.20. The lowest BCUT2D eigenvalue weighted by molar-refractivity contribution is -0.144. The van der Waals surface area contributed by atoms with E-state index in [1.165, 1.54) is 6.92 Å². The first kappa shape index (κ1) is 13.1. The van der Waals surface area contributed by atoms with Gasteiger partial charge in [0, 0.05) is 13.1 Å². The zero-order valence-corrected chi connectivity index (χ0v) is 10.9. The summed E-state index contributed by atoms with van der Waals surface area (Å²) in [4.78, 5) is 15.5. The number of methoxy groups -OCH3 is 1. The Labute approximate surface area is 112 Å². The van der Waals surface area contributed by atoms with Gasteiger partial charge < -0.3 is 9.47 Å². The summed E-state index contributed by atoms with van der Waals surface area (Å²) in [6.07, 6.45) is 1.18. The van der Waals surface area contributed by atoms with Gasteiger partial charge in [0.1, 0.15) is 5.75 Å². The van der Waals surface area contributed by atoms with E-state index in [1.807, 2.05) is 42.5 Å². The average Bonchev–Trinajstić information content (AvgIpc) is 2.46. The van der Waals surface area contributed by atoms with E-state index in [1.54, 1.807) is 13.3 Å². The minimum absolute atomic E-state index is 0.341. The molecule has 0 aliphatic heterocycles. The number of carbonyl (C=O) groups excluding carboxylic acids is 1. The number of nitrogens with zero attached hydrogens (tertiary/aromatic N) is 1. The second-order valence-corrected chi connectivity index (χ2v) is 4.02. The molecule has 0 aliphatic carbocycles. The third kappa shape index (κ3) is 3.31. The van der Waals surface area contributed by atoms with Gasteiger partial charge in [0.25, 0.3) is 0 Å². The van der Waals surface area contributed by atoms with Crippen LogP contribution in [-0.4, -0.2) is 18.1 Å². The fourth-order valence-electron chi connectivity index (χ4n) is 1.77. The molecule has 0 spiro atoms. The molecule has 1 aromatic heterocycles. The molecule has 0 radical (unpaired) electrons. The maximum atomic E-state index is 11.2. The van der Waals surface area contributed by atoms with Gasteiger partial charge in [-0.25, -0.2) is 0 Å². The molecule has 0 fully saturated rings. The molecule has 0 N–H and O–H groups in total. The van der Waals surface area contributed by atoms with Crippen molar-refractivity contribution in [1.29, 1.82) is 0 Å². The summed E-state index contributed by atoms with van der Waals surface area (Å²) in [5.41, 5.74) is 1.55. The fourth-order valence-corrected chi connectivity index (χ4v) is 1.77. The quantitative estimate of drug-likeness (QED) is 0.790. The molecular formula is C15H15NO3. The van der Waals surface area contributed by atoms with Gasteiger partial charge in [0.15, 0.2) is 6.10 Å². The van der Waals surface area contributed by atoms with Crippen LogP contribution in [0.3, 0.4) is 0 Å². The topological polar surface area (TPSA) is 48.4 Å². The number of hydrogen-bond acceptors (Lipinski definition) is 4. The van der Waals surface area contributed by atoms with Gasteiger partial charge in [-0.15, -0.1) is 0 Å². The van der Waals surface area contributed by atoms with E-state index in [0.717, 1.165) is 11.3 Å². The van der Waals surface area contributed by atoms with Crippen LogP contribution in [0.4, 0.5) is 0 Å². The van der Waals surface area contributed by atoms with E-state index >= 15 is 0 Å². The monoisotopic (exact) mass is 257 g/mol. The summed E-state index contributed by atoms with van der Waals surface area (Å²) in [5, 5.41) is 0. The lowest BCUT2D eigenvalue weighted by atomic mass is 10.1. The van der Waals surface area contributed by atoms with Gasteiger partial charge in [-0.1, -0.05) is 18.2 Å². The zero-order chi connectivity index (χ0) is 13.7. The van der Waals surface area contributed by atoms with Crippen LogP contribution in [0.5, 0.6) is 5.75 Å². The maximum Gasteiger partial charge on any atom is 0.303 e. The summed E-state index contributed by atoms with van der Waals surface area (Å²) < 4.78 is 10.5. The van der Waals surface area contributed by atoms with Gasteiger partial charge in [-0.3, -0.25) is 9.78 Å². The predicted molar refractivity (Wildman–Crippen MR) is 70.8 cm³/mol. The van der Waals surface area contributed by atoms with Crippen LogP contribution in [0.2, 0.25) is 0 Å². The Morgan fingerprint density at radius 3 is 2.42 bits per heavy atom. The molecule has 2 rings (SSSR count). The van der Waals surface area contributed by atoms with Crippen molar-refractivity contribution in [3.8, 4) is 5.75 Å². The van der Waals surface area contributed by atoms with E-state index in [9.17, 15) is 4.79 Å². The Balaban J connectivity index is 2.34. The van der Waals surface area contributed by atoms with Crippen molar-refractivity contribution in [3.63, 3.8) is 0 Å². The molecule has 98 valence electrons. The molecule has 19 heavy (non-hydrogen) atoms. The number of carbonyl (C=O) groups is 1. The Bertz CT molecular complexity index is 537. The number of benzene rings is 1. The number of pyridine rings is 1. The molecule has 4 nitrogen and oxygen atoms in total. The minimum Gasteiger partial charge on any atom is -0.497 e. The maximum absolute atomic E-state index is 11.2. The van der Waals surface area contributed by atoms with Gasteiger partial charge in [0.2, 0.25) is 0 Å². The Morgan fingerprint density at radius 1 is 1.16 bits per heavy atom. The molecule has 0 bridgehead atoms. The third-order valence-corrected chi connectivity index (χ3v) is 2.66. The van der Waals surface area contributed by atoms with Crippen LogP contribution in [0.1, 0.15) is 24.3 Å². The standard InChI is InChI=1S/C15H15NO3/c1-11(17)19-15(14-5-3-4-10-16-14)12-6-8-13(18-2)9-7-12/h3-10,15H,1-2H3/t15-/m0/s1. The van der Waals surface area contributed by atoms with E-state index in [4.69, 9.17) is 9.47 Å². The second kappa shape index (κ2) is 6.00. The van der Waals surface area contributed by atoms with Gasteiger partial charge in [-0.05, 0) is 29.8 Å². The van der Waals surface area contributed by atoms with Gasteiger partial charge in [0.05, 0.1) is 12.8 Å². The van der Waals surface area contributed by atoms with Crippen LogP contribution in [0.15, 0.2) is 48.7 Å². The first-order valence-electron chi connectivity index (χ1n) is 5.93. The normalized spacial score (nSPS) is 11.7. The molecule has 0 amide bonds. The molecule has 0 aliphatic rings. The SMILES string of the molecule is COc1ccc([C@H](OC(C)=O)c2ccccn2)cc1. The number of esters is 1. The number of aromatic nitrogens is 1. The van der Waals surface area contributed by atoms with Crippen molar-refractivity contribution in [2.24, 2.45) is 0 Å². The van der Waals surface area contributed by atoms with Crippen molar-refractivity contribution < 1.29 is 14.3 Å². The van der Waals surface area contributed by atoms with Crippen molar-refractivity contribution in [3.05, 3.63) is 59.9 Å². The van der Waals surface area contributed by atoms with E-state index in [2.05, 4.69) is 4.98 Å². The highest BCUT2D eigenvalue weighted by molar-refractivity contribution is 5.66. The summed E-state index contributed by atoms with van der Waals surface area (Å²) in [6, 6.07) is 12.9. The van der Waals surface area contributed by atoms with E-state index in [0.29, 0.717) is 5.69 Å². The Morgan fingerprint density at radius 2 is 1.89 bits per heavy atom. The molecule has 0 unspecified atom stereocenters. The van der Waals surface area contributed by atoms with Crippen LogP contribution < -0.4 is 4.74 Å². The van der Waals surface area contributed by atoms with Crippen LogP contribution in [-0.2, 0) is 9.53 Å². The molecule has 4 heteroatoms. The molecule has 1 heterocycles. The highest BCUT2D eigenvalue weighted by Crippen LogP contribution is 2.26. The molecule has 1 atom stereocenters. The summed E-state index contributed by atoms with van der Waals surface area (Å²) >= 11 is 0. The van der Waals surface area contributed by atoms with Gasteiger partial charge in [-0.2, -0.15) is 0 Å². The number of rotatable bonds is 4. The van der Waals surface area contributed by atoms with Crippen LogP contribution >= 0.6 is 0 Å². The molecule has 1 aromatic carbocycles. The Hall–Kier alpha value is -2.36. The number of hydrogen-bond donors (Lipinski definition) is 0. The zero-order valence-electron chi connectivity index (χ0n) is 10.9. The average molecular weight is 257 g/mol. The lowest BCUT2D eigenvalue weighted by Crippen LogP contribution is -2.11. The molecule has 0 saturated carbocycles. The highest BCUT2D eigenvalue weighted by Gasteiger charge is 2.18. The molecular weight excluding hydrogens is 242 g/mol. The van der Waals surface area contributed by atoms with Crippen molar-refractivity contribution in [2.45, 2.75) is 13.0 Å².